The highest BCUT2D eigenvalue weighted by Crippen LogP contribution is 2.35. The number of carbonyl (C=O) groups excluding carboxylic acids is 1. The first kappa shape index (κ1) is 16.8. The van der Waals surface area contributed by atoms with Crippen molar-refractivity contribution in [3.05, 3.63) is 48.0 Å². The third-order valence-corrected chi connectivity index (χ3v) is 4.26. The number of nitrogens with two attached hydrogens (primary N) is 1. The van der Waals surface area contributed by atoms with Crippen LogP contribution >= 0.6 is 12.4 Å². The number of hydrogen-bond acceptors (Lipinski definition) is 2. The van der Waals surface area contributed by atoms with Crippen molar-refractivity contribution < 1.29 is 4.79 Å². The van der Waals surface area contributed by atoms with Gasteiger partial charge in [0.2, 0.25) is 5.91 Å². The van der Waals surface area contributed by atoms with E-state index in [1.807, 2.05) is 17.0 Å². The van der Waals surface area contributed by atoms with E-state index in [1.54, 1.807) is 6.92 Å². The molecule has 0 aromatic heterocycles. The van der Waals surface area contributed by atoms with E-state index in [1.165, 1.54) is 16.3 Å². The van der Waals surface area contributed by atoms with Gasteiger partial charge in [0.05, 0.1) is 12.1 Å². The van der Waals surface area contributed by atoms with Gasteiger partial charge < -0.3 is 10.6 Å². The van der Waals surface area contributed by atoms with Crippen LogP contribution in [0.15, 0.2) is 42.5 Å². The maximum atomic E-state index is 12.4. The highest BCUT2D eigenvalue weighted by atomic mass is 35.5. The molecule has 0 bridgehead atoms. The molecule has 0 radical (unpaired) electrons. The Hall–Kier alpha value is -1.58. The van der Waals surface area contributed by atoms with Gasteiger partial charge in [-0.2, -0.15) is 0 Å². The third-order valence-electron chi connectivity index (χ3n) is 4.26. The van der Waals surface area contributed by atoms with Crippen LogP contribution in [0.25, 0.3) is 10.8 Å². The van der Waals surface area contributed by atoms with E-state index in [0.717, 1.165) is 12.8 Å². The minimum atomic E-state index is -0.437. The molecule has 1 amide bonds. The molecular formula is C18H23ClN2O. The smallest absolute Gasteiger partial charge is 0.239 e. The van der Waals surface area contributed by atoms with Crippen LogP contribution in [0.4, 0.5) is 0 Å². The Morgan fingerprint density at radius 3 is 2.36 bits per heavy atom. The molecule has 1 saturated carbocycles. The molecule has 2 N–H and O–H groups in total. The van der Waals surface area contributed by atoms with E-state index < -0.39 is 6.04 Å². The largest absolute Gasteiger partial charge is 0.332 e. The summed E-state index contributed by atoms with van der Waals surface area (Å²) >= 11 is 0. The van der Waals surface area contributed by atoms with Gasteiger partial charge in [-0.3, -0.25) is 4.79 Å². The lowest BCUT2D eigenvalue weighted by Gasteiger charge is -2.31. The molecule has 118 valence electrons. The molecule has 0 spiro atoms. The molecular weight excluding hydrogens is 296 g/mol. The van der Waals surface area contributed by atoms with E-state index in [9.17, 15) is 4.79 Å². The van der Waals surface area contributed by atoms with Gasteiger partial charge in [0.15, 0.2) is 0 Å². The Balaban J connectivity index is 0.00000176. The van der Waals surface area contributed by atoms with Crippen LogP contribution in [-0.4, -0.2) is 22.9 Å². The van der Waals surface area contributed by atoms with Crippen LogP contribution < -0.4 is 5.73 Å². The van der Waals surface area contributed by atoms with Crippen LogP contribution in [0.3, 0.4) is 0 Å². The normalized spacial score (nSPS) is 16.7. The summed E-state index contributed by atoms with van der Waals surface area (Å²) in [4.78, 5) is 14.4. The highest BCUT2D eigenvalue weighted by Gasteiger charge is 2.37. The fourth-order valence-corrected chi connectivity index (χ4v) is 2.90. The van der Waals surface area contributed by atoms with E-state index in [0.29, 0.717) is 6.04 Å². The summed E-state index contributed by atoms with van der Waals surface area (Å²) in [6.45, 7) is 3.87. The highest BCUT2D eigenvalue weighted by molar-refractivity contribution is 5.85. The van der Waals surface area contributed by atoms with E-state index in [4.69, 9.17) is 5.73 Å². The molecule has 1 aliphatic carbocycles. The van der Waals surface area contributed by atoms with Crippen LogP contribution in [0.1, 0.15) is 38.3 Å². The second-order valence-electron chi connectivity index (χ2n) is 6.05. The van der Waals surface area contributed by atoms with Crippen molar-refractivity contribution in [3.8, 4) is 0 Å². The summed E-state index contributed by atoms with van der Waals surface area (Å²) in [6.07, 6.45) is 2.19. The summed E-state index contributed by atoms with van der Waals surface area (Å²) in [5.41, 5.74) is 6.99. The Labute approximate surface area is 137 Å². The molecule has 1 fully saturated rings. The molecule has 4 heteroatoms. The zero-order valence-electron chi connectivity index (χ0n) is 13.0. The van der Waals surface area contributed by atoms with E-state index in [2.05, 4.69) is 37.3 Å². The predicted octanol–water partition coefficient (Wildman–Crippen LogP) is 3.66. The molecule has 1 aliphatic rings. The first-order chi connectivity index (χ1) is 10.1. The summed E-state index contributed by atoms with van der Waals surface area (Å²) < 4.78 is 0. The molecule has 2 atom stereocenters. The zero-order valence-corrected chi connectivity index (χ0v) is 13.8. The quantitative estimate of drug-likeness (QED) is 0.935. The molecule has 1 unspecified atom stereocenters. The van der Waals surface area contributed by atoms with Crippen molar-refractivity contribution in [3.63, 3.8) is 0 Å². The molecule has 3 nitrogen and oxygen atoms in total. The molecule has 2 aromatic carbocycles. The lowest BCUT2D eigenvalue weighted by Crippen LogP contribution is -2.44. The summed E-state index contributed by atoms with van der Waals surface area (Å²) in [5.74, 6) is 0.0539. The summed E-state index contributed by atoms with van der Waals surface area (Å²) in [5, 5.41) is 2.44. The number of benzene rings is 2. The second kappa shape index (κ2) is 6.67. The number of rotatable bonds is 4. The first-order valence-corrected chi connectivity index (χ1v) is 7.64. The lowest BCUT2D eigenvalue weighted by molar-refractivity contribution is -0.135. The Bertz CT molecular complexity index is 667. The van der Waals surface area contributed by atoms with Gasteiger partial charge in [0.1, 0.15) is 0 Å². The van der Waals surface area contributed by atoms with Crippen molar-refractivity contribution in [2.75, 3.05) is 0 Å². The fraction of sp³-hybridized carbons (Fsp3) is 0.389. The van der Waals surface area contributed by atoms with Crippen LogP contribution in [0, 0.1) is 0 Å². The number of carbonyl (C=O) groups is 1. The van der Waals surface area contributed by atoms with Crippen molar-refractivity contribution in [2.24, 2.45) is 5.73 Å². The summed E-state index contributed by atoms with van der Waals surface area (Å²) in [7, 11) is 0. The maximum absolute atomic E-state index is 12.4. The van der Waals surface area contributed by atoms with Gasteiger partial charge in [0.25, 0.3) is 0 Å². The Morgan fingerprint density at radius 2 is 1.77 bits per heavy atom. The van der Waals surface area contributed by atoms with Gasteiger partial charge in [-0.1, -0.05) is 36.4 Å². The topological polar surface area (TPSA) is 46.3 Å². The lowest BCUT2D eigenvalue weighted by atomic mass is 10.0. The average molecular weight is 319 g/mol. The van der Waals surface area contributed by atoms with E-state index in [-0.39, 0.29) is 24.4 Å². The van der Waals surface area contributed by atoms with Gasteiger partial charge in [0, 0.05) is 6.04 Å². The van der Waals surface area contributed by atoms with Crippen molar-refractivity contribution in [1.29, 1.82) is 0 Å². The zero-order chi connectivity index (χ0) is 15.0. The molecule has 3 rings (SSSR count). The van der Waals surface area contributed by atoms with Gasteiger partial charge in [-0.25, -0.2) is 0 Å². The first-order valence-electron chi connectivity index (χ1n) is 7.64. The van der Waals surface area contributed by atoms with E-state index >= 15 is 0 Å². The van der Waals surface area contributed by atoms with Crippen molar-refractivity contribution >= 4 is 29.1 Å². The third kappa shape index (κ3) is 3.26. The van der Waals surface area contributed by atoms with Gasteiger partial charge in [-0.05, 0) is 49.1 Å². The number of hydrogen-bond donors (Lipinski definition) is 1. The number of halogens is 1. The van der Waals surface area contributed by atoms with Crippen molar-refractivity contribution in [2.45, 2.75) is 44.8 Å². The minimum absolute atomic E-state index is 0. The van der Waals surface area contributed by atoms with Gasteiger partial charge in [-0.15, -0.1) is 12.4 Å². The standard InChI is InChI=1S/C18H22N2O.ClH/c1-12(19)18(21)20(17-9-10-17)13(2)15-8-7-14-5-3-4-6-16(14)11-15;/h3-8,11-13,17H,9-10,19H2,1-2H3;1H/t12-,13?;/m1./s1. The fourth-order valence-electron chi connectivity index (χ4n) is 2.90. The minimum Gasteiger partial charge on any atom is -0.332 e. The second-order valence-corrected chi connectivity index (χ2v) is 6.05. The van der Waals surface area contributed by atoms with Crippen LogP contribution in [0.2, 0.25) is 0 Å². The maximum Gasteiger partial charge on any atom is 0.239 e. The molecule has 22 heavy (non-hydrogen) atoms. The van der Waals surface area contributed by atoms with Crippen LogP contribution in [-0.2, 0) is 4.79 Å². The Kier molecular flexibility index (Phi) is 5.09. The number of amides is 1. The SMILES string of the molecule is CC(c1ccc2ccccc2c1)N(C(=O)[C@@H](C)N)C1CC1.Cl. The predicted molar refractivity (Wildman–Crippen MR) is 93.1 cm³/mol. The number of fused-ring (bicyclic) bond motifs is 1. The van der Waals surface area contributed by atoms with Crippen molar-refractivity contribution in [1.82, 2.24) is 4.90 Å². The Morgan fingerprint density at radius 1 is 1.14 bits per heavy atom. The number of nitrogens with zero attached hydrogens (tertiary/aromatic N) is 1. The molecule has 0 heterocycles. The summed E-state index contributed by atoms with van der Waals surface area (Å²) in [6, 6.07) is 14.7. The van der Waals surface area contributed by atoms with Crippen LogP contribution in [0.5, 0.6) is 0 Å². The average Bonchev–Trinajstić information content (AvgIpc) is 3.31. The molecule has 0 saturated heterocycles. The molecule has 2 aromatic rings. The molecule has 0 aliphatic heterocycles. The monoisotopic (exact) mass is 318 g/mol. The van der Waals surface area contributed by atoms with Gasteiger partial charge >= 0.3 is 0 Å².